The van der Waals surface area contributed by atoms with E-state index in [2.05, 4.69) is 24.5 Å². The molecule has 0 bridgehead atoms. The second kappa shape index (κ2) is 8.40. The minimum absolute atomic E-state index is 0.221. The number of aliphatic hydroxyl groups is 1. The summed E-state index contributed by atoms with van der Waals surface area (Å²) in [5, 5.41) is 24.3. The van der Waals surface area contributed by atoms with E-state index < -0.39 is 5.60 Å². The molecule has 0 saturated heterocycles. The number of amides is 2. The molecule has 22 heavy (non-hydrogen) atoms. The summed E-state index contributed by atoms with van der Waals surface area (Å²) in [4.78, 5) is 11.7. The number of urea groups is 1. The van der Waals surface area contributed by atoms with Crippen LogP contribution >= 0.6 is 0 Å². The molecule has 5 heteroatoms. The van der Waals surface area contributed by atoms with Crippen LogP contribution in [0.25, 0.3) is 0 Å². The molecule has 3 N–H and O–H groups in total. The summed E-state index contributed by atoms with van der Waals surface area (Å²) >= 11 is 0. The van der Waals surface area contributed by atoms with Crippen molar-refractivity contribution in [2.75, 3.05) is 6.54 Å². The molecule has 120 valence electrons. The van der Waals surface area contributed by atoms with Crippen LogP contribution in [0.4, 0.5) is 4.79 Å². The van der Waals surface area contributed by atoms with Crippen LogP contribution in [0.5, 0.6) is 0 Å². The predicted molar refractivity (Wildman–Crippen MR) is 86.1 cm³/mol. The maximum absolute atomic E-state index is 11.7. The third kappa shape index (κ3) is 7.09. The Morgan fingerprint density at radius 2 is 1.95 bits per heavy atom. The highest BCUT2D eigenvalue weighted by molar-refractivity contribution is 5.73. The van der Waals surface area contributed by atoms with E-state index in [-0.39, 0.29) is 12.6 Å². The van der Waals surface area contributed by atoms with Gasteiger partial charge in [0.25, 0.3) is 0 Å². The molecule has 0 spiro atoms. The van der Waals surface area contributed by atoms with E-state index >= 15 is 0 Å². The van der Waals surface area contributed by atoms with Gasteiger partial charge >= 0.3 is 6.03 Å². The lowest BCUT2D eigenvalue weighted by Crippen LogP contribution is -2.44. The van der Waals surface area contributed by atoms with Crippen molar-refractivity contribution in [3.8, 4) is 6.07 Å². The van der Waals surface area contributed by atoms with Crippen molar-refractivity contribution in [3.63, 3.8) is 0 Å². The van der Waals surface area contributed by atoms with E-state index in [0.29, 0.717) is 24.4 Å². The Morgan fingerprint density at radius 3 is 2.50 bits per heavy atom. The molecule has 1 rings (SSSR count). The lowest BCUT2D eigenvalue weighted by Gasteiger charge is -2.24. The number of benzene rings is 1. The Hall–Kier alpha value is -2.06. The fraction of sp³-hybridized carbons (Fsp3) is 0.529. The van der Waals surface area contributed by atoms with E-state index in [0.717, 1.165) is 12.0 Å². The van der Waals surface area contributed by atoms with Crippen LogP contribution < -0.4 is 10.6 Å². The van der Waals surface area contributed by atoms with Gasteiger partial charge < -0.3 is 15.7 Å². The number of hydrogen-bond donors (Lipinski definition) is 3. The highest BCUT2D eigenvalue weighted by Crippen LogP contribution is 2.15. The van der Waals surface area contributed by atoms with Crippen LogP contribution in [0.15, 0.2) is 24.3 Å². The number of nitrogens with zero attached hydrogens (tertiary/aromatic N) is 1. The maximum Gasteiger partial charge on any atom is 0.315 e. The molecule has 0 aromatic heterocycles. The van der Waals surface area contributed by atoms with Gasteiger partial charge in [0.1, 0.15) is 0 Å². The van der Waals surface area contributed by atoms with Crippen LogP contribution in [0, 0.1) is 17.2 Å². The van der Waals surface area contributed by atoms with E-state index in [1.807, 2.05) is 6.07 Å². The topological polar surface area (TPSA) is 85.2 Å². The largest absolute Gasteiger partial charge is 0.388 e. The summed E-state index contributed by atoms with van der Waals surface area (Å²) in [6.07, 6.45) is 1.57. The van der Waals surface area contributed by atoms with Gasteiger partial charge in [-0.1, -0.05) is 26.0 Å². The van der Waals surface area contributed by atoms with Gasteiger partial charge in [-0.2, -0.15) is 5.26 Å². The van der Waals surface area contributed by atoms with Crippen molar-refractivity contribution in [1.29, 1.82) is 5.26 Å². The SMILES string of the molecule is CC(C)CCC(C)(O)CNC(=O)NCc1ccc(C#N)cc1. The highest BCUT2D eigenvalue weighted by Gasteiger charge is 2.21. The van der Waals surface area contributed by atoms with Gasteiger partial charge in [-0.3, -0.25) is 0 Å². The third-order valence-corrected chi connectivity index (χ3v) is 3.43. The molecular weight excluding hydrogens is 278 g/mol. The second-order valence-electron chi connectivity index (χ2n) is 6.27. The number of nitrogens with one attached hydrogen (secondary N) is 2. The summed E-state index contributed by atoms with van der Waals surface area (Å²) < 4.78 is 0. The second-order valence-corrected chi connectivity index (χ2v) is 6.27. The Bertz CT molecular complexity index is 516. The summed E-state index contributed by atoms with van der Waals surface area (Å²) in [5.74, 6) is 0.525. The Kier molecular flexibility index (Phi) is 6.87. The molecule has 1 unspecified atom stereocenters. The number of hydrogen-bond acceptors (Lipinski definition) is 3. The van der Waals surface area contributed by atoms with E-state index in [1.54, 1.807) is 31.2 Å². The molecule has 0 saturated carbocycles. The van der Waals surface area contributed by atoms with Gasteiger partial charge in [0.2, 0.25) is 0 Å². The van der Waals surface area contributed by atoms with Gasteiger partial charge in [-0.05, 0) is 43.4 Å². The number of carbonyl (C=O) groups excluding carboxylic acids is 1. The first-order valence-electron chi connectivity index (χ1n) is 7.55. The van der Waals surface area contributed by atoms with Crippen LogP contribution in [0.3, 0.4) is 0 Å². The van der Waals surface area contributed by atoms with Crippen molar-refractivity contribution in [2.45, 2.75) is 45.8 Å². The van der Waals surface area contributed by atoms with Gasteiger partial charge in [0.05, 0.1) is 17.2 Å². The van der Waals surface area contributed by atoms with Gasteiger partial charge in [-0.25, -0.2) is 4.79 Å². The van der Waals surface area contributed by atoms with Crippen molar-refractivity contribution in [2.24, 2.45) is 5.92 Å². The number of rotatable bonds is 7. The molecular formula is C17H25N3O2. The number of nitriles is 1. The molecule has 0 heterocycles. The lowest BCUT2D eigenvalue weighted by molar-refractivity contribution is 0.0476. The van der Waals surface area contributed by atoms with Crippen molar-refractivity contribution >= 4 is 6.03 Å². The Morgan fingerprint density at radius 1 is 1.32 bits per heavy atom. The minimum atomic E-state index is -0.893. The Balaban J connectivity index is 2.32. The van der Waals surface area contributed by atoms with Crippen LogP contribution in [-0.2, 0) is 6.54 Å². The first-order chi connectivity index (χ1) is 10.3. The molecule has 1 aromatic rings. The lowest BCUT2D eigenvalue weighted by atomic mass is 9.95. The third-order valence-electron chi connectivity index (χ3n) is 3.43. The standard InChI is InChI=1S/C17H25N3O2/c1-13(2)8-9-17(3,22)12-20-16(21)19-11-15-6-4-14(10-18)5-7-15/h4-7,13,22H,8-9,11-12H2,1-3H3,(H2,19,20,21). The van der Waals surface area contributed by atoms with Crippen molar-refractivity contribution in [3.05, 3.63) is 35.4 Å². The average Bonchev–Trinajstić information content (AvgIpc) is 2.49. The first-order valence-corrected chi connectivity index (χ1v) is 7.55. The smallest absolute Gasteiger partial charge is 0.315 e. The van der Waals surface area contributed by atoms with Crippen molar-refractivity contribution < 1.29 is 9.90 Å². The molecule has 1 aromatic carbocycles. The molecule has 1 atom stereocenters. The fourth-order valence-corrected chi connectivity index (χ4v) is 1.90. The van der Waals surface area contributed by atoms with Crippen LogP contribution in [-0.4, -0.2) is 23.3 Å². The van der Waals surface area contributed by atoms with Gasteiger partial charge in [0.15, 0.2) is 0 Å². The van der Waals surface area contributed by atoms with Crippen LogP contribution in [0.2, 0.25) is 0 Å². The monoisotopic (exact) mass is 303 g/mol. The minimum Gasteiger partial charge on any atom is -0.388 e. The zero-order valence-corrected chi connectivity index (χ0v) is 13.5. The fourth-order valence-electron chi connectivity index (χ4n) is 1.90. The normalized spacial score (nSPS) is 13.3. The predicted octanol–water partition coefficient (Wildman–Crippen LogP) is 2.54. The van der Waals surface area contributed by atoms with E-state index in [9.17, 15) is 9.90 Å². The van der Waals surface area contributed by atoms with Crippen LogP contribution in [0.1, 0.15) is 44.7 Å². The van der Waals surface area contributed by atoms with Gasteiger partial charge in [-0.15, -0.1) is 0 Å². The molecule has 0 radical (unpaired) electrons. The molecule has 0 aliphatic heterocycles. The van der Waals surface area contributed by atoms with E-state index in [1.165, 1.54) is 0 Å². The van der Waals surface area contributed by atoms with Crippen molar-refractivity contribution in [1.82, 2.24) is 10.6 Å². The quantitative estimate of drug-likeness (QED) is 0.723. The summed E-state index contributed by atoms with van der Waals surface area (Å²) in [5.41, 5.74) is 0.617. The Labute approximate surface area is 132 Å². The highest BCUT2D eigenvalue weighted by atomic mass is 16.3. The average molecular weight is 303 g/mol. The maximum atomic E-state index is 11.7. The zero-order chi connectivity index (χ0) is 16.6. The molecule has 0 aliphatic rings. The molecule has 5 nitrogen and oxygen atoms in total. The zero-order valence-electron chi connectivity index (χ0n) is 13.5. The summed E-state index contributed by atoms with van der Waals surface area (Å²) in [7, 11) is 0. The first kappa shape index (κ1) is 18.0. The molecule has 2 amide bonds. The molecule has 0 aliphatic carbocycles. The molecule has 0 fully saturated rings. The number of carbonyl (C=O) groups is 1. The van der Waals surface area contributed by atoms with E-state index in [4.69, 9.17) is 5.26 Å². The van der Waals surface area contributed by atoms with Gasteiger partial charge in [0, 0.05) is 13.1 Å². The summed E-state index contributed by atoms with van der Waals surface area (Å²) in [6.45, 7) is 6.54. The summed E-state index contributed by atoms with van der Waals surface area (Å²) in [6, 6.07) is 8.77.